The van der Waals surface area contributed by atoms with Crippen LogP contribution in [0.15, 0.2) is 18.2 Å². The van der Waals surface area contributed by atoms with Crippen LogP contribution in [0.25, 0.3) is 0 Å². The number of hydrogen-bond acceptors (Lipinski definition) is 4. The molecule has 1 aromatic carbocycles. The first-order chi connectivity index (χ1) is 9.70. The van der Waals surface area contributed by atoms with Crippen molar-refractivity contribution in [1.29, 1.82) is 0 Å². The second-order valence-corrected chi connectivity index (χ2v) is 5.75. The first kappa shape index (κ1) is 13.7. The number of phenols is 1. The van der Waals surface area contributed by atoms with Gasteiger partial charge in [-0.25, -0.2) is 0 Å². The van der Waals surface area contributed by atoms with E-state index in [9.17, 15) is 5.11 Å². The minimum absolute atomic E-state index is 0.204. The highest BCUT2D eigenvalue weighted by molar-refractivity contribution is 5.41. The first-order valence-corrected chi connectivity index (χ1v) is 7.45. The smallest absolute Gasteiger partial charge is 0.124 e. The van der Waals surface area contributed by atoms with E-state index in [1.807, 2.05) is 12.1 Å². The summed E-state index contributed by atoms with van der Waals surface area (Å²) in [5.74, 6) is 1.01. The Morgan fingerprint density at radius 1 is 1.40 bits per heavy atom. The van der Waals surface area contributed by atoms with E-state index in [-0.39, 0.29) is 6.04 Å². The van der Waals surface area contributed by atoms with E-state index in [4.69, 9.17) is 9.47 Å². The molecule has 0 bridgehead atoms. The van der Waals surface area contributed by atoms with Crippen LogP contribution in [-0.4, -0.2) is 42.4 Å². The van der Waals surface area contributed by atoms with Gasteiger partial charge in [0.05, 0.1) is 19.8 Å². The lowest BCUT2D eigenvalue weighted by Gasteiger charge is -2.41. The van der Waals surface area contributed by atoms with Crippen LogP contribution in [0, 0.1) is 0 Å². The fourth-order valence-electron chi connectivity index (χ4n) is 3.62. The second kappa shape index (κ2) is 5.62. The van der Waals surface area contributed by atoms with Crippen LogP contribution in [0.2, 0.25) is 0 Å². The average molecular weight is 277 g/mol. The van der Waals surface area contributed by atoms with Crippen LogP contribution in [0.3, 0.4) is 0 Å². The Bertz CT molecular complexity index is 477. The fraction of sp³-hybridized carbons (Fsp3) is 0.625. The predicted octanol–water partition coefficient (Wildman–Crippen LogP) is 2.72. The van der Waals surface area contributed by atoms with Crippen LogP contribution in [0.5, 0.6) is 11.5 Å². The number of rotatable bonds is 3. The van der Waals surface area contributed by atoms with E-state index < -0.39 is 0 Å². The van der Waals surface area contributed by atoms with E-state index in [1.54, 1.807) is 13.2 Å². The summed E-state index contributed by atoms with van der Waals surface area (Å²) in [5, 5.41) is 10.2. The topological polar surface area (TPSA) is 41.9 Å². The van der Waals surface area contributed by atoms with Crippen LogP contribution in [0.1, 0.15) is 37.8 Å². The molecule has 1 N–H and O–H groups in total. The van der Waals surface area contributed by atoms with E-state index in [1.165, 1.54) is 19.3 Å². The summed E-state index contributed by atoms with van der Waals surface area (Å²) < 4.78 is 11.0. The van der Waals surface area contributed by atoms with Gasteiger partial charge >= 0.3 is 0 Å². The fourth-order valence-corrected chi connectivity index (χ4v) is 3.62. The van der Waals surface area contributed by atoms with Crippen LogP contribution < -0.4 is 4.74 Å². The monoisotopic (exact) mass is 277 g/mol. The molecule has 20 heavy (non-hydrogen) atoms. The number of morpholine rings is 1. The maximum atomic E-state index is 10.2. The van der Waals surface area contributed by atoms with Gasteiger partial charge in [-0.1, -0.05) is 6.07 Å². The van der Waals surface area contributed by atoms with Gasteiger partial charge in [0.2, 0.25) is 0 Å². The third-order valence-electron chi connectivity index (χ3n) is 4.71. The van der Waals surface area contributed by atoms with Crippen LogP contribution >= 0.6 is 0 Å². The zero-order valence-corrected chi connectivity index (χ0v) is 12.2. The normalized spacial score (nSPS) is 28.1. The van der Waals surface area contributed by atoms with Crippen molar-refractivity contribution in [3.8, 4) is 11.5 Å². The van der Waals surface area contributed by atoms with Crippen molar-refractivity contribution in [1.82, 2.24) is 4.90 Å². The molecule has 2 fully saturated rings. The highest BCUT2D eigenvalue weighted by Gasteiger charge is 2.38. The average Bonchev–Trinajstić information content (AvgIpc) is 2.94. The largest absolute Gasteiger partial charge is 0.507 e. The molecule has 1 saturated carbocycles. The lowest BCUT2D eigenvalue weighted by Crippen LogP contribution is -2.49. The van der Waals surface area contributed by atoms with E-state index in [0.717, 1.165) is 18.7 Å². The van der Waals surface area contributed by atoms with Crippen molar-refractivity contribution >= 4 is 0 Å². The SMILES string of the molecule is COc1ccc(C(C)N2CCOC3CCCC32)c(O)c1. The predicted molar refractivity (Wildman–Crippen MR) is 77.2 cm³/mol. The molecule has 1 aromatic rings. The summed E-state index contributed by atoms with van der Waals surface area (Å²) in [6.45, 7) is 3.90. The molecule has 2 aliphatic rings. The molecule has 3 rings (SSSR count). The zero-order chi connectivity index (χ0) is 14.1. The molecule has 1 saturated heterocycles. The Balaban J connectivity index is 1.82. The molecule has 3 atom stereocenters. The summed E-state index contributed by atoms with van der Waals surface area (Å²) in [6, 6.07) is 6.28. The molecule has 0 radical (unpaired) electrons. The Kier molecular flexibility index (Phi) is 3.85. The van der Waals surface area contributed by atoms with Gasteiger partial charge in [-0.15, -0.1) is 0 Å². The van der Waals surface area contributed by atoms with E-state index in [2.05, 4.69) is 11.8 Å². The number of ether oxygens (including phenoxy) is 2. The van der Waals surface area contributed by atoms with Crippen molar-refractivity contribution in [2.45, 2.75) is 44.4 Å². The first-order valence-electron chi connectivity index (χ1n) is 7.45. The molecule has 4 heteroatoms. The number of nitrogens with zero attached hydrogens (tertiary/aromatic N) is 1. The molecule has 0 amide bonds. The Morgan fingerprint density at radius 3 is 3.00 bits per heavy atom. The number of aromatic hydroxyl groups is 1. The molecule has 0 spiro atoms. The Labute approximate surface area is 120 Å². The Hall–Kier alpha value is -1.26. The van der Waals surface area contributed by atoms with Gasteiger partial charge in [-0.2, -0.15) is 0 Å². The summed E-state index contributed by atoms with van der Waals surface area (Å²) in [6.07, 6.45) is 3.99. The highest BCUT2D eigenvalue weighted by Crippen LogP contribution is 2.38. The van der Waals surface area contributed by atoms with Crippen molar-refractivity contribution in [3.05, 3.63) is 23.8 Å². The minimum atomic E-state index is 0.204. The van der Waals surface area contributed by atoms with Gasteiger partial charge in [-0.3, -0.25) is 4.90 Å². The van der Waals surface area contributed by atoms with Gasteiger partial charge in [0, 0.05) is 30.3 Å². The number of hydrogen-bond donors (Lipinski definition) is 1. The zero-order valence-electron chi connectivity index (χ0n) is 12.2. The number of phenolic OH excluding ortho intramolecular Hbond substituents is 1. The molecule has 110 valence electrons. The molecule has 3 unspecified atom stereocenters. The standard InChI is InChI=1S/C16H23NO3/c1-11(13-7-6-12(19-2)10-15(13)18)17-8-9-20-16-5-3-4-14(16)17/h6-7,10-11,14,16,18H,3-5,8-9H2,1-2H3. The number of fused-ring (bicyclic) bond motifs is 1. The summed E-state index contributed by atoms with van der Waals surface area (Å²) in [4.78, 5) is 2.49. The van der Waals surface area contributed by atoms with Crippen LogP contribution in [-0.2, 0) is 4.74 Å². The van der Waals surface area contributed by atoms with Crippen molar-refractivity contribution in [2.24, 2.45) is 0 Å². The highest BCUT2D eigenvalue weighted by atomic mass is 16.5. The van der Waals surface area contributed by atoms with Gasteiger partial charge in [0.15, 0.2) is 0 Å². The lowest BCUT2D eigenvalue weighted by molar-refractivity contribution is -0.0700. The van der Waals surface area contributed by atoms with E-state index in [0.29, 0.717) is 23.6 Å². The van der Waals surface area contributed by atoms with Gasteiger partial charge < -0.3 is 14.6 Å². The van der Waals surface area contributed by atoms with Gasteiger partial charge in [-0.05, 0) is 32.3 Å². The molecule has 1 heterocycles. The summed E-state index contributed by atoms with van der Waals surface area (Å²) in [5.41, 5.74) is 0.971. The van der Waals surface area contributed by atoms with Crippen molar-refractivity contribution in [2.75, 3.05) is 20.3 Å². The quantitative estimate of drug-likeness (QED) is 0.922. The van der Waals surface area contributed by atoms with E-state index >= 15 is 0 Å². The maximum Gasteiger partial charge on any atom is 0.124 e. The number of benzene rings is 1. The Morgan fingerprint density at radius 2 is 2.25 bits per heavy atom. The molecular formula is C16H23NO3. The van der Waals surface area contributed by atoms with Gasteiger partial charge in [0.1, 0.15) is 11.5 Å². The molecule has 0 aromatic heterocycles. The third kappa shape index (κ3) is 2.38. The van der Waals surface area contributed by atoms with Crippen molar-refractivity contribution in [3.63, 3.8) is 0 Å². The van der Waals surface area contributed by atoms with Crippen LogP contribution in [0.4, 0.5) is 0 Å². The molecule has 4 nitrogen and oxygen atoms in total. The minimum Gasteiger partial charge on any atom is -0.507 e. The van der Waals surface area contributed by atoms with Gasteiger partial charge in [0.25, 0.3) is 0 Å². The van der Waals surface area contributed by atoms with Crippen molar-refractivity contribution < 1.29 is 14.6 Å². The maximum absolute atomic E-state index is 10.2. The molecule has 1 aliphatic heterocycles. The number of methoxy groups -OCH3 is 1. The summed E-state index contributed by atoms with van der Waals surface area (Å²) in [7, 11) is 1.61. The molecular weight excluding hydrogens is 254 g/mol. The lowest BCUT2D eigenvalue weighted by atomic mass is 10.0. The second-order valence-electron chi connectivity index (χ2n) is 5.75. The molecule has 1 aliphatic carbocycles. The third-order valence-corrected chi connectivity index (χ3v) is 4.71. The summed E-state index contributed by atoms with van der Waals surface area (Å²) >= 11 is 0.